The Balaban J connectivity index is 2.86. The summed E-state index contributed by atoms with van der Waals surface area (Å²) < 4.78 is 1.51. The van der Waals surface area contributed by atoms with Crippen molar-refractivity contribution >= 4 is 11.5 Å². The molecule has 0 bridgehead atoms. The quantitative estimate of drug-likeness (QED) is 0.697. The van der Waals surface area contributed by atoms with Crippen molar-refractivity contribution in [3.8, 4) is 0 Å². The Morgan fingerprint density at radius 2 is 2.38 bits per heavy atom. The summed E-state index contributed by atoms with van der Waals surface area (Å²) >= 11 is 0. The molecular weight excluding hydrogens is 170 g/mol. The molecule has 2 heterocycles. The Morgan fingerprint density at radius 3 is 3.08 bits per heavy atom. The SMILES string of the molecule is Cc1nccn2ncc(C(=O)O)c12. The maximum Gasteiger partial charge on any atom is 0.339 e. The van der Waals surface area contributed by atoms with E-state index in [-0.39, 0.29) is 5.56 Å². The van der Waals surface area contributed by atoms with Crippen molar-refractivity contribution < 1.29 is 9.90 Å². The number of hydrogen-bond donors (Lipinski definition) is 1. The lowest BCUT2D eigenvalue weighted by atomic mass is 10.2. The number of carboxylic acid groups (broad SMARTS) is 1. The number of aromatic nitrogens is 3. The minimum Gasteiger partial charge on any atom is -0.478 e. The van der Waals surface area contributed by atoms with Crippen LogP contribution in [0.2, 0.25) is 0 Å². The maximum atomic E-state index is 10.7. The van der Waals surface area contributed by atoms with E-state index >= 15 is 0 Å². The van der Waals surface area contributed by atoms with E-state index in [9.17, 15) is 4.79 Å². The Bertz CT molecular complexity index is 475. The van der Waals surface area contributed by atoms with E-state index in [0.717, 1.165) is 0 Å². The third-order valence-corrected chi connectivity index (χ3v) is 1.84. The fourth-order valence-corrected chi connectivity index (χ4v) is 1.26. The summed E-state index contributed by atoms with van der Waals surface area (Å²) in [5.74, 6) is -0.980. The highest BCUT2D eigenvalue weighted by Gasteiger charge is 2.12. The maximum absolute atomic E-state index is 10.7. The molecule has 0 unspecified atom stereocenters. The predicted octanol–water partition coefficient (Wildman–Crippen LogP) is 0.736. The van der Waals surface area contributed by atoms with Crippen LogP contribution in [0.5, 0.6) is 0 Å². The number of aromatic carboxylic acids is 1. The first kappa shape index (κ1) is 7.72. The van der Waals surface area contributed by atoms with Crippen molar-refractivity contribution in [3.63, 3.8) is 0 Å². The molecule has 0 atom stereocenters. The van der Waals surface area contributed by atoms with E-state index < -0.39 is 5.97 Å². The lowest BCUT2D eigenvalue weighted by Crippen LogP contribution is -1.98. The van der Waals surface area contributed by atoms with Crippen LogP contribution < -0.4 is 0 Å². The molecule has 0 aliphatic rings. The highest BCUT2D eigenvalue weighted by molar-refractivity contribution is 5.95. The third-order valence-electron chi connectivity index (χ3n) is 1.84. The second kappa shape index (κ2) is 2.55. The topological polar surface area (TPSA) is 67.5 Å². The summed E-state index contributed by atoms with van der Waals surface area (Å²) in [6, 6.07) is 0. The highest BCUT2D eigenvalue weighted by Crippen LogP contribution is 2.12. The second-order valence-electron chi connectivity index (χ2n) is 2.67. The minimum atomic E-state index is -0.980. The molecule has 0 fully saturated rings. The van der Waals surface area contributed by atoms with Crippen LogP contribution >= 0.6 is 0 Å². The standard InChI is InChI=1S/C8H7N3O2/c1-5-7-6(8(12)13)4-10-11(7)3-2-9-5/h2-4H,1H3,(H,12,13). The van der Waals surface area contributed by atoms with E-state index in [0.29, 0.717) is 11.2 Å². The van der Waals surface area contributed by atoms with Crippen molar-refractivity contribution in [2.75, 3.05) is 0 Å². The summed E-state index contributed by atoms with van der Waals surface area (Å²) in [4.78, 5) is 14.7. The van der Waals surface area contributed by atoms with Gasteiger partial charge in [0.05, 0.1) is 11.9 Å². The largest absolute Gasteiger partial charge is 0.478 e. The van der Waals surface area contributed by atoms with Crippen molar-refractivity contribution in [2.24, 2.45) is 0 Å². The third kappa shape index (κ3) is 1.05. The van der Waals surface area contributed by atoms with Crippen molar-refractivity contribution in [3.05, 3.63) is 29.8 Å². The molecule has 0 aromatic carbocycles. The summed E-state index contributed by atoms with van der Waals surface area (Å²) in [6.07, 6.45) is 4.53. The molecule has 0 radical (unpaired) electrons. The molecule has 66 valence electrons. The van der Waals surface area contributed by atoms with E-state index in [4.69, 9.17) is 5.11 Å². The van der Waals surface area contributed by atoms with Crippen LogP contribution in [0.25, 0.3) is 5.52 Å². The molecule has 2 aromatic heterocycles. The van der Waals surface area contributed by atoms with Crippen LogP contribution in [-0.2, 0) is 0 Å². The number of fused-ring (bicyclic) bond motifs is 1. The average Bonchev–Trinajstić information content (AvgIpc) is 2.49. The molecule has 0 aliphatic heterocycles. The zero-order valence-corrected chi connectivity index (χ0v) is 6.93. The van der Waals surface area contributed by atoms with Gasteiger partial charge < -0.3 is 5.11 Å². The zero-order chi connectivity index (χ0) is 9.42. The number of carboxylic acids is 1. The molecule has 5 nitrogen and oxygen atoms in total. The summed E-state index contributed by atoms with van der Waals surface area (Å²) in [7, 11) is 0. The fourth-order valence-electron chi connectivity index (χ4n) is 1.26. The Kier molecular flexibility index (Phi) is 1.51. The van der Waals surface area contributed by atoms with E-state index in [1.54, 1.807) is 19.3 Å². The second-order valence-corrected chi connectivity index (χ2v) is 2.67. The van der Waals surface area contributed by atoms with Gasteiger partial charge in [0.1, 0.15) is 11.1 Å². The molecule has 0 spiro atoms. The number of hydrogen-bond acceptors (Lipinski definition) is 3. The lowest BCUT2D eigenvalue weighted by molar-refractivity contribution is 0.0699. The predicted molar refractivity (Wildman–Crippen MR) is 44.7 cm³/mol. The monoisotopic (exact) mass is 177 g/mol. The minimum absolute atomic E-state index is 0.186. The summed E-state index contributed by atoms with van der Waals surface area (Å²) in [6.45, 7) is 1.75. The average molecular weight is 177 g/mol. The van der Waals surface area contributed by atoms with Crippen LogP contribution in [0, 0.1) is 6.92 Å². The van der Waals surface area contributed by atoms with Crippen molar-refractivity contribution in [1.82, 2.24) is 14.6 Å². The van der Waals surface area contributed by atoms with Gasteiger partial charge in [-0.25, -0.2) is 9.31 Å². The molecular formula is C8H7N3O2. The molecule has 0 saturated heterocycles. The van der Waals surface area contributed by atoms with Gasteiger partial charge in [0.25, 0.3) is 0 Å². The van der Waals surface area contributed by atoms with E-state index in [1.165, 1.54) is 10.7 Å². The first-order valence-electron chi connectivity index (χ1n) is 3.72. The number of aryl methyl sites for hydroxylation is 1. The van der Waals surface area contributed by atoms with Crippen LogP contribution in [0.15, 0.2) is 18.6 Å². The first-order chi connectivity index (χ1) is 6.20. The van der Waals surface area contributed by atoms with Gasteiger partial charge in [0.15, 0.2) is 0 Å². The Labute approximate surface area is 73.6 Å². The van der Waals surface area contributed by atoms with Gasteiger partial charge in [-0.3, -0.25) is 4.98 Å². The van der Waals surface area contributed by atoms with Gasteiger partial charge in [0, 0.05) is 12.4 Å². The normalized spacial score (nSPS) is 10.5. The van der Waals surface area contributed by atoms with Gasteiger partial charge in [-0.05, 0) is 6.92 Å². The molecule has 2 rings (SSSR count). The smallest absolute Gasteiger partial charge is 0.339 e. The van der Waals surface area contributed by atoms with Crippen LogP contribution in [0.3, 0.4) is 0 Å². The van der Waals surface area contributed by atoms with Crippen LogP contribution in [0.4, 0.5) is 0 Å². The molecule has 0 amide bonds. The van der Waals surface area contributed by atoms with Crippen LogP contribution in [-0.4, -0.2) is 25.7 Å². The Hall–Kier alpha value is -1.91. The zero-order valence-electron chi connectivity index (χ0n) is 6.93. The molecule has 13 heavy (non-hydrogen) atoms. The number of carbonyl (C=O) groups is 1. The van der Waals surface area contributed by atoms with Gasteiger partial charge in [-0.15, -0.1) is 0 Å². The van der Waals surface area contributed by atoms with Gasteiger partial charge in [-0.2, -0.15) is 5.10 Å². The van der Waals surface area contributed by atoms with Gasteiger partial charge >= 0.3 is 5.97 Å². The number of nitrogens with zero attached hydrogens (tertiary/aromatic N) is 3. The van der Waals surface area contributed by atoms with Gasteiger partial charge in [0.2, 0.25) is 0 Å². The summed E-state index contributed by atoms with van der Waals surface area (Å²) in [5.41, 5.74) is 1.40. The fraction of sp³-hybridized carbons (Fsp3) is 0.125. The van der Waals surface area contributed by atoms with Crippen LogP contribution in [0.1, 0.15) is 16.1 Å². The highest BCUT2D eigenvalue weighted by atomic mass is 16.4. The number of rotatable bonds is 1. The first-order valence-corrected chi connectivity index (χ1v) is 3.72. The van der Waals surface area contributed by atoms with E-state index in [1.807, 2.05) is 0 Å². The summed E-state index contributed by atoms with van der Waals surface area (Å²) in [5, 5.41) is 12.7. The van der Waals surface area contributed by atoms with Crippen molar-refractivity contribution in [1.29, 1.82) is 0 Å². The van der Waals surface area contributed by atoms with E-state index in [2.05, 4.69) is 10.1 Å². The molecule has 0 aliphatic carbocycles. The van der Waals surface area contributed by atoms with Gasteiger partial charge in [-0.1, -0.05) is 0 Å². The molecule has 5 heteroatoms. The molecule has 1 N–H and O–H groups in total. The van der Waals surface area contributed by atoms with Crippen molar-refractivity contribution in [2.45, 2.75) is 6.92 Å². The molecule has 2 aromatic rings. The Morgan fingerprint density at radius 1 is 1.62 bits per heavy atom. The molecule has 0 saturated carbocycles. The lowest BCUT2D eigenvalue weighted by Gasteiger charge is -1.96.